The lowest BCUT2D eigenvalue weighted by molar-refractivity contribution is 0.651. The van der Waals surface area contributed by atoms with Crippen LogP contribution in [0.25, 0.3) is 10.8 Å². The average molecular weight is 239 g/mol. The third-order valence-electron chi connectivity index (χ3n) is 3.36. The van der Waals surface area contributed by atoms with Gasteiger partial charge < -0.3 is 5.73 Å². The Hall–Kier alpha value is -1.60. The quantitative estimate of drug-likeness (QED) is 0.782. The molecule has 1 unspecified atom stereocenters. The maximum Gasteiger partial charge on any atom is 0.0117 e. The lowest BCUT2D eigenvalue weighted by Crippen LogP contribution is -2.23. The third-order valence-corrected chi connectivity index (χ3v) is 3.36. The summed E-state index contributed by atoms with van der Waals surface area (Å²) in [6.45, 7) is 6.15. The number of nitrogens with two attached hydrogens (primary N) is 1. The van der Waals surface area contributed by atoms with Crippen molar-refractivity contribution in [3.8, 4) is 0 Å². The van der Waals surface area contributed by atoms with Gasteiger partial charge in [-0.1, -0.05) is 61.5 Å². The topological polar surface area (TPSA) is 26.0 Å². The molecule has 2 aromatic rings. The van der Waals surface area contributed by atoms with Crippen molar-refractivity contribution in [2.45, 2.75) is 32.2 Å². The van der Waals surface area contributed by atoms with E-state index in [1.807, 2.05) is 0 Å². The fourth-order valence-corrected chi connectivity index (χ4v) is 2.26. The molecule has 18 heavy (non-hydrogen) atoms. The van der Waals surface area contributed by atoms with Crippen LogP contribution in [0, 0.1) is 0 Å². The molecule has 0 radical (unpaired) electrons. The van der Waals surface area contributed by atoms with Crippen LogP contribution in [0.2, 0.25) is 0 Å². The highest BCUT2D eigenvalue weighted by Crippen LogP contribution is 2.17. The van der Waals surface area contributed by atoms with Crippen LogP contribution >= 0.6 is 0 Å². The molecule has 0 heterocycles. The number of benzene rings is 2. The zero-order valence-electron chi connectivity index (χ0n) is 11.0. The van der Waals surface area contributed by atoms with Crippen LogP contribution in [0.3, 0.4) is 0 Å². The van der Waals surface area contributed by atoms with Gasteiger partial charge >= 0.3 is 0 Å². The molecule has 0 aliphatic rings. The molecule has 94 valence electrons. The molecule has 0 amide bonds. The molecule has 2 aromatic carbocycles. The van der Waals surface area contributed by atoms with Gasteiger partial charge in [0.15, 0.2) is 0 Å². The van der Waals surface area contributed by atoms with Crippen LogP contribution in [-0.2, 0) is 6.42 Å². The molecule has 0 fully saturated rings. The van der Waals surface area contributed by atoms with Gasteiger partial charge in [0.05, 0.1) is 0 Å². The Balaban J connectivity index is 2.09. The summed E-state index contributed by atoms with van der Waals surface area (Å²) < 4.78 is 0. The minimum Gasteiger partial charge on any atom is -0.327 e. The Kier molecular flexibility index (Phi) is 4.16. The first kappa shape index (κ1) is 12.8. The highest BCUT2D eigenvalue weighted by Gasteiger charge is 2.06. The van der Waals surface area contributed by atoms with Gasteiger partial charge in [-0.25, -0.2) is 0 Å². The number of hydrogen-bond acceptors (Lipinski definition) is 1. The molecule has 0 saturated heterocycles. The van der Waals surface area contributed by atoms with E-state index in [1.165, 1.54) is 21.9 Å². The normalized spacial score (nSPS) is 12.6. The molecule has 0 bridgehead atoms. The fourth-order valence-electron chi connectivity index (χ4n) is 2.26. The maximum absolute atomic E-state index is 6.17. The van der Waals surface area contributed by atoms with Crippen molar-refractivity contribution in [2.24, 2.45) is 5.73 Å². The van der Waals surface area contributed by atoms with E-state index in [1.54, 1.807) is 0 Å². The van der Waals surface area contributed by atoms with Gasteiger partial charge in [0.2, 0.25) is 0 Å². The largest absolute Gasteiger partial charge is 0.327 e. The van der Waals surface area contributed by atoms with Gasteiger partial charge in [0.25, 0.3) is 0 Å². The molecular formula is C17H21N. The van der Waals surface area contributed by atoms with Gasteiger partial charge in [-0.15, -0.1) is 0 Å². The van der Waals surface area contributed by atoms with E-state index in [4.69, 9.17) is 5.73 Å². The molecule has 2 rings (SSSR count). The highest BCUT2D eigenvalue weighted by atomic mass is 14.6. The van der Waals surface area contributed by atoms with Gasteiger partial charge in [0, 0.05) is 6.04 Å². The minimum atomic E-state index is 0.179. The summed E-state index contributed by atoms with van der Waals surface area (Å²) in [6.07, 6.45) is 2.86. The van der Waals surface area contributed by atoms with Crippen LogP contribution in [0.1, 0.15) is 25.3 Å². The van der Waals surface area contributed by atoms with E-state index in [0.29, 0.717) is 0 Å². The van der Waals surface area contributed by atoms with E-state index in [9.17, 15) is 0 Å². The van der Waals surface area contributed by atoms with E-state index >= 15 is 0 Å². The van der Waals surface area contributed by atoms with Crippen molar-refractivity contribution in [3.05, 3.63) is 60.2 Å². The van der Waals surface area contributed by atoms with Crippen LogP contribution in [0.4, 0.5) is 0 Å². The van der Waals surface area contributed by atoms with Crippen molar-refractivity contribution in [2.75, 3.05) is 0 Å². The van der Waals surface area contributed by atoms with Gasteiger partial charge in [-0.2, -0.15) is 0 Å². The summed E-state index contributed by atoms with van der Waals surface area (Å²) in [5.41, 5.74) is 8.71. The predicted molar refractivity (Wildman–Crippen MR) is 79.7 cm³/mol. The zero-order valence-corrected chi connectivity index (χ0v) is 11.0. The first-order valence-electron chi connectivity index (χ1n) is 6.59. The first-order valence-corrected chi connectivity index (χ1v) is 6.59. The summed E-state index contributed by atoms with van der Waals surface area (Å²) in [6, 6.07) is 15.2. The Morgan fingerprint density at radius 1 is 1.17 bits per heavy atom. The van der Waals surface area contributed by atoms with Gasteiger partial charge in [0.1, 0.15) is 0 Å². The second-order valence-corrected chi connectivity index (χ2v) is 4.95. The first-order chi connectivity index (χ1) is 8.69. The summed E-state index contributed by atoms with van der Waals surface area (Å²) in [7, 11) is 0. The molecule has 0 spiro atoms. The van der Waals surface area contributed by atoms with E-state index in [0.717, 1.165) is 19.3 Å². The van der Waals surface area contributed by atoms with E-state index in [2.05, 4.69) is 56.0 Å². The Bertz CT molecular complexity index is 542. The van der Waals surface area contributed by atoms with Crippen LogP contribution in [0.5, 0.6) is 0 Å². The summed E-state index contributed by atoms with van der Waals surface area (Å²) in [5.74, 6) is 0. The number of rotatable bonds is 5. The molecule has 1 heteroatoms. The second kappa shape index (κ2) is 5.83. The van der Waals surface area contributed by atoms with Crippen LogP contribution in [0.15, 0.2) is 54.6 Å². The number of hydrogen-bond donors (Lipinski definition) is 1. The smallest absolute Gasteiger partial charge is 0.0117 e. The van der Waals surface area contributed by atoms with E-state index < -0.39 is 0 Å². The van der Waals surface area contributed by atoms with Crippen LogP contribution in [-0.4, -0.2) is 6.04 Å². The molecule has 1 atom stereocenters. The standard InChI is InChI=1S/C17H21N/c1-3-13(2)10-17(18)12-14-8-9-15-6-4-5-7-16(15)11-14/h4-9,11,17H,2-3,10,12,18H2,1H3. The molecule has 0 aromatic heterocycles. The molecule has 0 aliphatic heterocycles. The summed E-state index contributed by atoms with van der Waals surface area (Å²) in [4.78, 5) is 0. The molecule has 2 N–H and O–H groups in total. The van der Waals surface area contributed by atoms with Crippen molar-refractivity contribution >= 4 is 10.8 Å². The number of fused-ring (bicyclic) bond motifs is 1. The molecule has 0 aliphatic carbocycles. The van der Waals surface area contributed by atoms with E-state index in [-0.39, 0.29) is 6.04 Å². The highest BCUT2D eigenvalue weighted by molar-refractivity contribution is 5.82. The SMILES string of the molecule is C=C(CC)CC(N)Cc1ccc2ccccc2c1. The van der Waals surface area contributed by atoms with Gasteiger partial charge in [-0.3, -0.25) is 0 Å². The monoisotopic (exact) mass is 239 g/mol. The fraction of sp³-hybridized carbons (Fsp3) is 0.294. The Labute approximate surface area is 109 Å². The zero-order chi connectivity index (χ0) is 13.0. The third kappa shape index (κ3) is 3.21. The van der Waals surface area contributed by atoms with Crippen molar-refractivity contribution in [3.63, 3.8) is 0 Å². The van der Waals surface area contributed by atoms with Crippen molar-refractivity contribution < 1.29 is 0 Å². The van der Waals surface area contributed by atoms with Crippen molar-refractivity contribution in [1.29, 1.82) is 0 Å². The minimum absolute atomic E-state index is 0.179. The molecule has 1 nitrogen and oxygen atoms in total. The van der Waals surface area contributed by atoms with Crippen LogP contribution < -0.4 is 5.73 Å². The Morgan fingerprint density at radius 3 is 2.61 bits per heavy atom. The predicted octanol–water partition coefficient (Wildman–Crippen LogP) is 4.07. The lowest BCUT2D eigenvalue weighted by Gasteiger charge is -2.13. The van der Waals surface area contributed by atoms with Crippen molar-refractivity contribution in [1.82, 2.24) is 0 Å². The van der Waals surface area contributed by atoms with Gasteiger partial charge in [-0.05, 0) is 35.6 Å². The molecule has 0 saturated carbocycles. The Morgan fingerprint density at radius 2 is 1.89 bits per heavy atom. The average Bonchev–Trinajstić information content (AvgIpc) is 2.38. The molecular weight excluding hydrogens is 218 g/mol. The maximum atomic E-state index is 6.17. The lowest BCUT2D eigenvalue weighted by atomic mass is 9.97. The summed E-state index contributed by atoms with van der Waals surface area (Å²) in [5, 5.41) is 2.57. The summed E-state index contributed by atoms with van der Waals surface area (Å²) >= 11 is 0. The second-order valence-electron chi connectivity index (χ2n) is 4.95.